The highest BCUT2D eigenvalue weighted by Crippen LogP contribution is 2.28. The van der Waals surface area contributed by atoms with Crippen LogP contribution in [0.25, 0.3) is 10.9 Å². The minimum Gasteiger partial charge on any atom is -0.362 e. The fourth-order valence-corrected chi connectivity index (χ4v) is 4.24. The summed E-state index contributed by atoms with van der Waals surface area (Å²) in [6.07, 6.45) is 6.93. The van der Waals surface area contributed by atoms with Gasteiger partial charge in [-0.25, -0.2) is 4.98 Å². The van der Waals surface area contributed by atoms with Gasteiger partial charge in [-0.3, -0.25) is 0 Å². The molecule has 1 aromatic carbocycles. The third-order valence-corrected chi connectivity index (χ3v) is 5.98. The maximum Gasteiger partial charge on any atom is 0.225 e. The van der Waals surface area contributed by atoms with Crippen LogP contribution in [-0.4, -0.2) is 41.2 Å². The van der Waals surface area contributed by atoms with E-state index in [4.69, 9.17) is 9.97 Å². The van der Waals surface area contributed by atoms with Crippen LogP contribution in [0.1, 0.15) is 31.4 Å². The Bertz CT molecular complexity index is 939. The van der Waals surface area contributed by atoms with Crippen LogP contribution in [0.4, 0.5) is 11.8 Å². The van der Waals surface area contributed by atoms with Crippen molar-refractivity contribution < 1.29 is 0 Å². The van der Waals surface area contributed by atoms with Gasteiger partial charge in [-0.1, -0.05) is 12.1 Å². The number of nitrogens with one attached hydrogen (secondary N) is 2. The molecule has 0 aliphatic heterocycles. The summed E-state index contributed by atoms with van der Waals surface area (Å²) in [7, 11) is 6.17. The van der Waals surface area contributed by atoms with Crippen molar-refractivity contribution in [2.24, 2.45) is 13.0 Å². The molecule has 2 N–H and O–H groups in total. The first-order valence-corrected chi connectivity index (χ1v) is 10.6. The Morgan fingerprint density at radius 2 is 1.83 bits per heavy atom. The van der Waals surface area contributed by atoms with Crippen molar-refractivity contribution >= 4 is 22.7 Å². The molecule has 0 amide bonds. The van der Waals surface area contributed by atoms with Crippen molar-refractivity contribution in [3.8, 4) is 0 Å². The fraction of sp³-hybridized carbons (Fsp3) is 0.478. The first kappa shape index (κ1) is 19.7. The molecule has 1 saturated carbocycles. The molecule has 2 heterocycles. The molecule has 1 aliphatic carbocycles. The summed E-state index contributed by atoms with van der Waals surface area (Å²) >= 11 is 0. The predicted octanol–water partition coefficient (Wildman–Crippen LogP) is 3.79. The van der Waals surface area contributed by atoms with E-state index in [2.05, 4.69) is 57.6 Å². The first-order valence-electron chi connectivity index (χ1n) is 10.6. The summed E-state index contributed by atoms with van der Waals surface area (Å²) in [6.45, 7) is 2.04. The predicted molar refractivity (Wildman–Crippen MR) is 120 cm³/mol. The van der Waals surface area contributed by atoms with Crippen LogP contribution in [0.2, 0.25) is 0 Å². The van der Waals surface area contributed by atoms with Gasteiger partial charge >= 0.3 is 0 Å². The van der Waals surface area contributed by atoms with Gasteiger partial charge in [-0.05, 0) is 62.4 Å². The van der Waals surface area contributed by atoms with Gasteiger partial charge in [0.15, 0.2) is 0 Å². The summed E-state index contributed by atoms with van der Waals surface area (Å²) in [5.41, 5.74) is 2.33. The number of aryl methyl sites for hydroxylation is 1. The third kappa shape index (κ3) is 4.70. The van der Waals surface area contributed by atoms with Crippen LogP contribution in [0.3, 0.4) is 0 Å². The number of benzene rings is 1. The fourth-order valence-electron chi connectivity index (χ4n) is 4.24. The topological polar surface area (TPSA) is 58.0 Å². The summed E-state index contributed by atoms with van der Waals surface area (Å²) in [6, 6.07) is 13.0. The molecule has 0 spiro atoms. The molecule has 1 aliphatic rings. The molecule has 3 aromatic rings. The maximum atomic E-state index is 4.79. The molecule has 6 nitrogen and oxygen atoms in total. The minimum absolute atomic E-state index is 0.454. The average Bonchev–Trinajstić information content (AvgIpc) is 3.13. The van der Waals surface area contributed by atoms with Crippen LogP contribution in [0.15, 0.2) is 42.6 Å². The molecule has 4 rings (SSSR count). The van der Waals surface area contributed by atoms with E-state index >= 15 is 0 Å². The second-order valence-corrected chi connectivity index (χ2v) is 8.39. The molecule has 29 heavy (non-hydrogen) atoms. The number of para-hydroxylation sites is 1. The molecule has 2 aromatic heterocycles. The van der Waals surface area contributed by atoms with Crippen molar-refractivity contribution in [2.75, 3.05) is 30.9 Å². The Morgan fingerprint density at radius 1 is 1.03 bits per heavy atom. The normalized spacial score (nSPS) is 19.4. The number of hydrogen-bond donors (Lipinski definition) is 2. The zero-order chi connectivity index (χ0) is 20.2. The van der Waals surface area contributed by atoms with Gasteiger partial charge < -0.3 is 20.1 Å². The van der Waals surface area contributed by atoms with Gasteiger partial charge in [0, 0.05) is 51.0 Å². The zero-order valence-electron chi connectivity index (χ0n) is 17.7. The molecule has 0 bridgehead atoms. The number of anilines is 2. The standard InChI is InChI=1S/C23H32N6/c1-28(2)22-20-8-4-5-9-21(20)26-23(27-22)25-18-12-10-17(11-13-18)15-24-16-19-7-6-14-29(19)3/h4-9,14,17-18,24H,10-13,15-16H2,1-3H3,(H,25,26,27)/t17-,18+. The second-order valence-electron chi connectivity index (χ2n) is 8.39. The van der Waals surface area contributed by atoms with Crippen molar-refractivity contribution in [1.82, 2.24) is 19.9 Å². The highest BCUT2D eigenvalue weighted by Gasteiger charge is 2.22. The Labute approximate surface area is 173 Å². The van der Waals surface area contributed by atoms with Crippen LogP contribution < -0.4 is 15.5 Å². The lowest BCUT2D eigenvalue weighted by Crippen LogP contribution is -2.32. The summed E-state index contributed by atoms with van der Waals surface area (Å²) in [4.78, 5) is 11.6. The van der Waals surface area contributed by atoms with Gasteiger partial charge in [0.25, 0.3) is 0 Å². The molecule has 0 radical (unpaired) electrons. The molecule has 0 saturated heterocycles. The van der Waals surface area contributed by atoms with E-state index < -0.39 is 0 Å². The van der Waals surface area contributed by atoms with Crippen LogP contribution in [0.5, 0.6) is 0 Å². The van der Waals surface area contributed by atoms with Crippen molar-refractivity contribution in [1.29, 1.82) is 0 Å². The Kier molecular flexibility index (Phi) is 6.00. The number of fused-ring (bicyclic) bond motifs is 1. The SMILES string of the molecule is CN(C)c1nc(N[C@H]2CC[C@@H](CNCc3cccn3C)CC2)nc2ccccc12. The molecule has 0 atom stereocenters. The zero-order valence-corrected chi connectivity index (χ0v) is 17.7. The minimum atomic E-state index is 0.454. The van der Waals surface area contributed by atoms with Crippen LogP contribution in [0, 0.1) is 5.92 Å². The molecule has 6 heteroatoms. The largest absolute Gasteiger partial charge is 0.362 e. The van der Waals surface area contributed by atoms with E-state index in [1.54, 1.807) is 0 Å². The number of aromatic nitrogens is 3. The Hall–Kier alpha value is -2.60. The lowest BCUT2D eigenvalue weighted by molar-refractivity contribution is 0.323. The van der Waals surface area contributed by atoms with Crippen LogP contribution >= 0.6 is 0 Å². The van der Waals surface area contributed by atoms with Crippen molar-refractivity contribution in [2.45, 2.75) is 38.3 Å². The number of nitrogens with zero attached hydrogens (tertiary/aromatic N) is 4. The van der Waals surface area contributed by atoms with Gasteiger partial charge in [-0.15, -0.1) is 0 Å². The van der Waals surface area contributed by atoms with E-state index in [0.29, 0.717) is 6.04 Å². The summed E-state index contributed by atoms with van der Waals surface area (Å²) in [5.74, 6) is 2.47. The highest BCUT2D eigenvalue weighted by molar-refractivity contribution is 5.90. The van der Waals surface area contributed by atoms with E-state index in [1.165, 1.54) is 31.4 Å². The van der Waals surface area contributed by atoms with Crippen molar-refractivity contribution in [3.05, 3.63) is 48.3 Å². The van der Waals surface area contributed by atoms with Gasteiger partial charge in [-0.2, -0.15) is 4.98 Å². The maximum absolute atomic E-state index is 4.79. The average molecular weight is 393 g/mol. The molecule has 154 valence electrons. The van der Waals surface area contributed by atoms with E-state index in [0.717, 1.165) is 41.7 Å². The van der Waals surface area contributed by atoms with Gasteiger partial charge in [0.05, 0.1) is 5.52 Å². The first-order chi connectivity index (χ1) is 14.1. The molecular formula is C23H32N6. The van der Waals surface area contributed by atoms with Crippen molar-refractivity contribution in [3.63, 3.8) is 0 Å². The Morgan fingerprint density at radius 3 is 2.55 bits per heavy atom. The lowest BCUT2D eigenvalue weighted by Gasteiger charge is -2.29. The summed E-state index contributed by atoms with van der Waals surface area (Å²) in [5, 5.41) is 8.33. The molecular weight excluding hydrogens is 360 g/mol. The second kappa shape index (κ2) is 8.82. The lowest BCUT2D eigenvalue weighted by atomic mass is 9.86. The quantitative estimate of drug-likeness (QED) is 0.641. The monoisotopic (exact) mass is 392 g/mol. The van der Waals surface area contributed by atoms with Crippen LogP contribution in [-0.2, 0) is 13.6 Å². The summed E-state index contributed by atoms with van der Waals surface area (Å²) < 4.78 is 2.18. The van der Waals surface area contributed by atoms with Gasteiger partial charge in [0.2, 0.25) is 5.95 Å². The van der Waals surface area contributed by atoms with Gasteiger partial charge in [0.1, 0.15) is 5.82 Å². The van der Waals surface area contributed by atoms with E-state index in [-0.39, 0.29) is 0 Å². The molecule has 0 unspecified atom stereocenters. The smallest absolute Gasteiger partial charge is 0.225 e. The number of rotatable bonds is 7. The number of hydrogen-bond acceptors (Lipinski definition) is 5. The molecule has 1 fully saturated rings. The third-order valence-electron chi connectivity index (χ3n) is 5.98. The van der Waals surface area contributed by atoms with E-state index in [9.17, 15) is 0 Å². The highest BCUT2D eigenvalue weighted by atomic mass is 15.2. The van der Waals surface area contributed by atoms with E-state index in [1.807, 2.05) is 26.2 Å². The Balaban J connectivity index is 1.31.